The first-order valence-corrected chi connectivity index (χ1v) is 9.01. The molecule has 0 saturated heterocycles. The van der Waals surface area contributed by atoms with E-state index in [1.165, 1.54) is 18.1 Å². The van der Waals surface area contributed by atoms with Crippen molar-refractivity contribution in [3.05, 3.63) is 71.6 Å². The Morgan fingerprint density at radius 3 is 2.59 bits per heavy atom. The van der Waals surface area contributed by atoms with Crippen LogP contribution in [0.4, 0.5) is 0 Å². The van der Waals surface area contributed by atoms with Gasteiger partial charge in [0.25, 0.3) is 0 Å². The quantitative estimate of drug-likeness (QED) is 0.478. The third kappa shape index (κ3) is 8.42. The average molecular weight is 366 g/mol. The minimum atomic E-state index is -0.460. The second-order valence-electron chi connectivity index (χ2n) is 6.54. The number of likely N-dealkylation sites (N-methyl/N-ethyl adjacent to an activating group) is 1. The minimum absolute atomic E-state index is 0.152. The summed E-state index contributed by atoms with van der Waals surface area (Å²) in [5.74, 6) is -0.638. The van der Waals surface area contributed by atoms with Gasteiger partial charge in [0, 0.05) is 25.5 Å². The second kappa shape index (κ2) is 11.0. The fourth-order valence-corrected chi connectivity index (χ4v) is 2.51. The van der Waals surface area contributed by atoms with Gasteiger partial charge < -0.3 is 4.74 Å². The summed E-state index contributed by atoms with van der Waals surface area (Å²) in [5.41, 5.74) is 3.60. The van der Waals surface area contributed by atoms with E-state index in [2.05, 4.69) is 47.5 Å². The fourth-order valence-electron chi connectivity index (χ4n) is 2.51. The molecule has 1 aromatic heterocycles. The lowest BCUT2D eigenvalue weighted by Crippen LogP contribution is -2.24. The fraction of sp³-hybridized carbons (Fsp3) is 0.318. The van der Waals surface area contributed by atoms with E-state index >= 15 is 0 Å². The number of aromatic nitrogens is 1. The number of hydrogen-bond donors (Lipinski definition) is 0. The Bertz CT molecular complexity index is 755. The lowest BCUT2D eigenvalue weighted by atomic mass is 10.0. The van der Waals surface area contributed by atoms with Crippen molar-refractivity contribution in [1.82, 2.24) is 9.88 Å². The first kappa shape index (κ1) is 20.5. The van der Waals surface area contributed by atoms with Crippen LogP contribution in [0, 0.1) is 0 Å². The maximum Gasteiger partial charge on any atom is 0.313 e. The zero-order valence-electron chi connectivity index (χ0n) is 15.9. The van der Waals surface area contributed by atoms with Crippen molar-refractivity contribution in [2.45, 2.75) is 19.8 Å². The van der Waals surface area contributed by atoms with Crippen LogP contribution in [0.3, 0.4) is 0 Å². The molecule has 0 fully saturated rings. The highest BCUT2D eigenvalue weighted by molar-refractivity contribution is 5.94. The summed E-state index contributed by atoms with van der Waals surface area (Å²) < 4.78 is 5.02. The van der Waals surface area contributed by atoms with Crippen molar-refractivity contribution in [3.63, 3.8) is 0 Å². The number of Topliss-reactive ketones (excluding diaryl/α,β-unsaturated/α-hetero) is 1. The zero-order valence-corrected chi connectivity index (χ0v) is 15.9. The molecule has 0 atom stereocenters. The predicted octanol–water partition coefficient (Wildman–Crippen LogP) is 3.14. The number of carbonyl (C=O) groups is 2. The molecule has 142 valence electrons. The highest BCUT2D eigenvalue weighted by Crippen LogP contribution is 2.11. The molecule has 2 aromatic rings. The molecule has 0 unspecified atom stereocenters. The van der Waals surface area contributed by atoms with Crippen LogP contribution in [0.2, 0.25) is 0 Å². The molecule has 0 N–H and O–H groups in total. The van der Waals surface area contributed by atoms with Gasteiger partial charge in [0.1, 0.15) is 18.8 Å². The van der Waals surface area contributed by atoms with Gasteiger partial charge in [-0.1, -0.05) is 42.5 Å². The topological polar surface area (TPSA) is 59.5 Å². The molecule has 2 rings (SSSR count). The van der Waals surface area contributed by atoms with Crippen molar-refractivity contribution in [2.75, 3.05) is 26.7 Å². The summed E-state index contributed by atoms with van der Waals surface area (Å²) in [4.78, 5) is 28.3. The van der Waals surface area contributed by atoms with Gasteiger partial charge in [0.05, 0.1) is 0 Å². The molecule has 0 aliphatic carbocycles. The third-order valence-corrected chi connectivity index (χ3v) is 3.97. The molecule has 5 nitrogen and oxygen atoms in total. The van der Waals surface area contributed by atoms with Crippen molar-refractivity contribution < 1.29 is 14.3 Å². The van der Waals surface area contributed by atoms with E-state index < -0.39 is 5.97 Å². The summed E-state index contributed by atoms with van der Waals surface area (Å²) in [6.07, 6.45) is 8.55. The Morgan fingerprint density at radius 1 is 1.15 bits per heavy atom. The van der Waals surface area contributed by atoms with Gasteiger partial charge in [-0.05, 0) is 43.1 Å². The minimum Gasteiger partial charge on any atom is -0.464 e. The number of esters is 1. The van der Waals surface area contributed by atoms with Gasteiger partial charge >= 0.3 is 5.97 Å². The molecule has 0 radical (unpaired) electrons. The van der Waals surface area contributed by atoms with Crippen LogP contribution in [0.15, 0.2) is 54.9 Å². The molecular formula is C22H26N2O3. The van der Waals surface area contributed by atoms with Crippen molar-refractivity contribution in [1.29, 1.82) is 0 Å². The molecule has 27 heavy (non-hydrogen) atoms. The summed E-state index contributed by atoms with van der Waals surface area (Å²) in [6.45, 7) is 3.04. The van der Waals surface area contributed by atoms with Crippen LogP contribution in [0.1, 0.15) is 30.0 Å². The zero-order chi connectivity index (χ0) is 19.5. The summed E-state index contributed by atoms with van der Waals surface area (Å²) in [6, 6.07) is 12.5. The maximum atomic E-state index is 11.3. The number of ketones is 1. The second-order valence-corrected chi connectivity index (χ2v) is 6.54. The molecule has 0 aliphatic rings. The van der Waals surface area contributed by atoms with Gasteiger partial charge in [-0.15, -0.1) is 0 Å². The Labute approximate surface area is 160 Å². The van der Waals surface area contributed by atoms with Gasteiger partial charge in [0.15, 0.2) is 0 Å². The number of carbonyl (C=O) groups excluding carboxylic acids is 2. The van der Waals surface area contributed by atoms with Crippen molar-refractivity contribution in [2.24, 2.45) is 0 Å². The van der Waals surface area contributed by atoms with Crippen LogP contribution in [-0.2, 0) is 20.7 Å². The van der Waals surface area contributed by atoms with Crippen LogP contribution in [-0.4, -0.2) is 48.4 Å². The number of ether oxygens (including phenoxy) is 1. The van der Waals surface area contributed by atoms with E-state index in [1.807, 2.05) is 24.2 Å². The van der Waals surface area contributed by atoms with E-state index in [9.17, 15) is 9.59 Å². The highest BCUT2D eigenvalue weighted by atomic mass is 16.5. The number of nitrogens with zero attached hydrogens (tertiary/aromatic N) is 2. The number of benzene rings is 1. The Kier molecular flexibility index (Phi) is 8.39. The van der Waals surface area contributed by atoms with Crippen LogP contribution in [0.25, 0.3) is 6.08 Å². The Hall–Kier alpha value is -2.79. The summed E-state index contributed by atoms with van der Waals surface area (Å²) in [5, 5.41) is 0. The van der Waals surface area contributed by atoms with Crippen LogP contribution >= 0.6 is 0 Å². The van der Waals surface area contributed by atoms with Gasteiger partial charge in [-0.2, -0.15) is 0 Å². The smallest absolute Gasteiger partial charge is 0.313 e. The lowest BCUT2D eigenvalue weighted by Gasteiger charge is -2.14. The van der Waals surface area contributed by atoms with E-state index in [1.54, 1.807) is 6.20 Å². The monoisotopic (exact) mass is 366 g/mol. The van der Waals surface area contributed by atoms with Crippen molar-refractivity contribution in [3.8, 4) is 0 Å². The van der Waals surface area contributed by atoms with Crippen molar-refractivity contribution >= 4 is 17.8 Å². The number of pyridine rings is 1. The molecule has 0 amide bonds. The third-order valence-electron chi connectivity index (χ3n) is 3.97. The SMILES string of the molecule is CC(=O)CC(=O)OCCN(C)CC=Cc1ccc(Cc2cccnc2)cc1. The van der Waals surface area contributed by atoms with E-state index in [4.69, 9.17) is 4.74 Å². The molecule has 0 aliphatic heterocycles. The standard InChI is InChI=1S/C22H26N2O3/c1-18(25)15-22(26)27-14-13-24(2)12-4-6-19-7-9-20(10-8-19)16-21-5-3-11-23-17-21/h3-11,17H,12-16H2,1-2H3. The molecular weight excluding hydrogens is 340 g/mol. The van der Waals surface area contributed by atoms with E-state index in [-0.39, 0.29) is 12.2 Å². The Balaban J connectivity index is 1.71. The first-order valence-electron chi connectivity index (χ1n) is 9.01. The van der Waals surface area contributed by atoms with Crippen LogP contribution < -0.4 is 0 Å². The van der Waals surface area contributed by atoms with Gasteiger partial charge in [0.2, 0.25) is 0 Å². The molecule has 1 heterocycles. The molecule has 0 bridgehead atoms. The van der Waals surface area contributed by atoms with E-state index in [0.717, 1.165) is 18.5 Å². The number of hydrogen-bond acceptors (Lipinski definition) is 5. The Morgan fingerprint density at radius 2 is 1.93 bits per heavy atom. The highest BCUT2D eigenvalue weighted by Gasteiger charge is 2.06. The van der Waals surface area contributed by atoms with Gasteiger partial charge in [-0.25, -0.2) is 0 Å². The van der Waals surface area contributed by atoms with Crippen LogP contribution in [0.5, 0.6) is 0 Å². The molecule has 1 aromatic carbocycles. The molecule has 0 saturated carbocycles. The lowest BCUT2D eigenvalue weighted by molar-refractivity contribution is -0.145. The normalized spacial score (nSPS) is 11.1. The van der Waals surface area contributed by atoms with Gasteiger partial charge in [-0.3, -0.25) is 19.5 Å². The summed E-state index contributed by atoms with van der Waals surface area (Å²) in [7, 11) is 1.96. The number of rotatable bonds is 10. The predicted molar refractivity (Wildman–Crippen MR) is 106 cm³/mol. The molecule has 5 heteroatoms. The first-order chi connectivity index (χ1) is 13.0. The average Bonchev–Trinajstić information content (AvgIpc) is 2.63. The molecule has 0 spiro atoms. The summed E-state index contributed by atoms with van der Waals surface area (Å²) >= 11 is 0. The maximum absolute atomic E-state index is 11.3. The largest absolute Gasteiger partial charge is 0.464 e. The van der Waals surface area contributed by atoms with E-state index in [0.29, 0.717) is 13.2 Å².